The molecule has 0 bridgehead atoms. The van der Waals surface area contributed by atoms with Gasteiger partial charge in [-0.05, 0) is 64.2 Å². The third-order valence-corrected chi connectivity index (χ3v) is 15.3. The number of esters is 3. The van der Waals surface area contributed by atoms with Crippen molar-refractivity contribution in [2.24, 2.45) is 0 Å². The van der Waals surface area contributed by atoms with Crippen molar-refractivity contribution in [2.75, 3.05) is 13.2 Å². The van der Waals surface area contributed by atoms with Crippen molar-refractivity contribution in [1.29, 1.82) is 0 Å². The second-order valence-electron chi connectivity index (χ2n) is 23.1. The molecule has 0 saturated heterocycles. The SMILES string of the molecule is CC/C=C\C/C=C\C/C=C\C/C=C\C/C=C\CCCCCCCCCCCCCCCCCCCCCC(=O)OCC(COC(=O)CCCCCCCCCC)OC(=O)CCCCCCCCCCCCCCCCCCC. The summed E-state index contributed by atoms with van der Waals surface area (Å²) in [6.07, 6.45) is 85.6. The van der Waals surface area contributed by atoms with Crippen molar-refractivity contribution in [3.8, 4) is 0 Å². The lowest BCUT2D eigenvalue weighted by Gasteiger charge is -2.18. The zero-order valence-corrected chi connectivity index (χ0v) is 52.2. The first-order valence-electron chi connectivity index (χ1n) is 34.3. The summed E-state index contributed by atoms with van der Waals surface area (Å²) in [4.78, 5) is 38.1. The molecular formula is C72H130O6. The van der Waals surface area contributed by atoms with Crippen LogP contribution >= 0.6 is 0 Å². The first-order valence-corrected chi connectivity index (χ1v) is 34.3. The van der Waals surface area contributed by atoms with E-state index in [2.05, 4.69) is 81.5 Å². The Morgan fingerprint density at radius 1 is 0.269 bits per heavy atom. The van der Waals surface area contributed by atoms with E-state index in [0.717, 1.165) is 89.9 Å². The van der Waals surface area contributed by atoms with E-state index < -0.39 is 6.10 Å². The average Bonchev–Trinajstić information content (AvgIpc) is 3.44. The predicted molar refractivity (Wildman–Crippen MR) is 339 cm³/mol. The molecule has 0 aromatic rings. The van der Waals surface area contributed by atoms with Crippen molar-refractivity contribution in [2.45, 2.75) is 367 Å². The van der Waals surface area contributed by atoms with Crippen LogP contribution in [0.2, 0.25) is 0 Å². The van der Waals surface area contributed by atoms with Crippen LogP contribution in [0.25, 0.3) is 0 Å². The number of ether oxygens (including phenoxy) is 3. The molecule has 0 aliphatic carbocycles. The molecule has 0 radical (unpaired) electrons. The third-order valence-electron chi connectivity index (χ3n) is 15.3. The van der Waals surface area contributed by atoms with Gasteiger partial charge in [0, 0.05) is 19.3 Å². The second-order valence-corrected chi connectivity index (χ2v) is 23.1. The maximum atomic E-state index is 12.9. The Balaban J connectivity index is 3.99. The molecule has 0 aromatic carbocycles. The molecule has 0 fully saturated rings. The van der Waals surface area contributed by atoms with Gasteiger partial charge in [0.25, 0.3) is 0 Å². The first-order chi connectivity index (χ1) is 38.5. The summed E-state index contributed by atoms with van der Waals surface area (Å²) in [6.45, 7) is 6.55. The van der Waals surface area contributed by atoms with Crippen molar-refractivity contribution < 1.29 is 28.6 Å². The zero-order valence-electron chi connectivity index (χ0n) is 52.2. The maximum Gasteiger partial charge on any atom is 0.306 e. The highest BCUT2D eigenvalue weighted by Crippen LogP contribution is 2.18. The maximum absolute atomic E-state index is 12.9. The summed E-state index contributed by atoms with van der Waals surface area (Å²) < 4.78 is 16.9. The van der Waals surface area contributed by atoms with Gasteiger partial charge in [0.15, 0.2) is 6.10 Å². The minimum atomic E-state index is -0.766. The van der Waals surface area contributed by atoms with Crippen molar-refractivity contribution >= 4 is 17.9 Å². The summed E-state index contributed by atoms with van der Waals surface area (Å²) in [5, 5.41) is 0. The molecule has 6 nitrogen and oxygen atoms in total. The fraction of sp³-hybridized carbons (Fsp3) is 0.819. The number of unbranched alkanes of at least 4 members (excludes halogenated alkanes) is 42. The quantitative estimate of drug-likeness (QED) is 0.0261. The molecule has 0 aliphatic heterocycles. The average molecular weight is 1090 g/mol. The summed E-state index contributed by atoms with van der Waals surface area (Å²) in [5.41, 5.74) is 0. The van der Waals surface area contributed by atoms with Crippen LogP contribution in [-0.2, 0) is 28.6 Å². The van der Waals surface area contributed by atoms with Gasteiger partial charge in [-0.25, -0.2) is 0 Å². The second kappa shape index (κ2) is 66.6. The predicted octanol–water partition coefficient (Wildman–Crippen LogP) is 23.5. The third kappa shape index (κ3) is 63.9. The molecule has 454 valence electrons. The van der Waals surface area contributed by atoms with Gasteiger partial charge >= 0.3 is 17.9 Å². The van der Waals surface area contributed by atoms with Crippen LogP contribution < -0.4 is 0 Å². The number of rotatable bonds is 63. The fourth-order valence-corrected chi connectivity index (χ4v) is 10.2. The highest BCUT2D eigenvalue weighted by Gasteiger charge is 2.19. The van der Waals surface area contributed by atoms with Crippen LogP contribution in [0, 0.1) is 0 Å². The van der Waals surface area contributed by atoms with E-state index in [0.29, 0.717) is 19.3 Å². The molecule has 6 heteroatoms. The Morgan fingerprint density at radius 2 is 0.500 bits per heavy atom. The zero-order chi connectivity index (χ0) is 56.4. The van der Waals surface area contributed by atoms with Crippen LogP contribution in [0.1, 0.15) is 361 Å². The van der Waals surface area contributed by atoms with Gasteiger partial charge in [0.2, 0.25) is 0 Å². The van der Waals surface area contributed by atoms with Gasteiger partial charge in [-0.1, -0.05) is 338 Å². The number of hydrogen-bond acceptors (Lipinski definition) is 6. The smallest absolute Gasteiger partial charge is 0.306 e. The van der Waals surface area contributed by atoms with Gasteiger partial charge in [0.1, 0.15) is 13.2 Å². The molecule has 0 saturated carbocycles. The normalized spacial score (nSPS) is 12.4. The van der Waals surface area contributed by atoms with E-state index in [1.165, 1.54) is 231 Å². The lowest BCUT2D eigenvalue weighted by Crippen LogP contribution is -2.30. The molecule has 0 N–H and O–H groups in total. The lowest BCUT2D eigenvalue weighted by atomic mass is 10.0. The molecule has 0 amide bonds. The van der Waals surface area contributed by atoms with Crippen LogP contribution in [0.3, 0.4) is 0 Å². The summed E-state index contributed by atoms with van der Waals surface area (Å²) >= 11 is 0. The van der Waals surface area contributed by atoms with Crippen molar-refractivity contribution in [3.63, 3.8) is 0 Å². The summed E-state index contributed by atoms with van der Waals surface area (Å²) in [6, 6.07) is 0. The van der Waals surface area contributed by atoms with Gasteiger partial charge in [-0.15, -0.1) is 0 Å². The first kappa shape index (κ1) is 75.1. The standard InChI is InChI=1S/C72H130O6/c1-4-7-10-13-16-19-21-23-25-27-28-29-30-31-32-33-34-35-36-37-38-39-40-41-42-43-44-46-47-49-51-53-56-59-62-65-71(74)77-68-69(67-76-70(73)64-61-58-55-18-15-12-9-6-3)78-72(75)66-63-60-57-54-52-50-48-45-26-24-22-20-17-14-11-8-5-2/h7,10,16,19,23,25,28-29,31-32,69H,4-6,8-9,11-15,17-18,20-22,24,26-27,30,33-68H2,1-3H3/b10-7-,19-16-,25-23-,29-28-,32-31-. The summed E-state index contributed by atoms with van der Waals surface area (Å²) in [7, 11) is 0. The fourth-order valence-electron chi connectivity index (χ4n) is 10.2. The van der Waals surface area contributed by atoms with Crippen LogP contribution in [0.4, 0.5) is 0 Å². The number of carbonyl (C=O) groups excluding carboxylic acids is 3. The number of hydrogen-bond donors (Lipinski definition) is 0. The number of allylic oxidation sites excluding steroid dienone is 10. The minimum Gasteiger partial charge on any atom is -0.462 e. The highest BCUT2D eigenvalue weighted by atomic mass is 16.6. The Morgan fingerprint density at radius 3 is 0.782 bits per heavy atom. The minimum absolute atomic E-state index is 0.0665. The van der Waals surface area contributed by atoms with Crippen LogP contribution in [0.15, 0.2) is 60.8 Å². The highest BCUT2D eigenvalue weighted by molar-refractivity contribution is 5.71. The van der Waals surface area contributed by atoms with Crippen molar-refractivity contribution in [1.82, 2.24) is 0 Å². The molecule has 1 unspecified atom stereocenters. The van der Waals surface area contributed by atoms with E-state index >= 15 is 0 Å². The monoisotopic (exact) mass is 1090 g/mol. The topological polar surface area (TPSA) is 78.9 Å². The van der Waals surface area contributed by atoms with Crippen LogP contribution in [-0.4, -0.2) is 37.2 Å². The molecule has 1 atom stereocenters. The van der Waals surface area contributed by atoms with E-state index in [4.69, 9.17) is 14.2 Å². The van der Waals surface area contributed by atoms with E-state index in [1.807, 2.05) is 0 Å². The van der Waals surface area contributed by atoms with Gasteiger partial charge in [-0.2, -0.15) is 0 Å². The molecule has 0 aliphatic rings. The molecule has 0 heterocycles. The summed E-state index contributed by atoms with van der Waals surface area (Å²) in [5.74, 6) is -0.847. The molecule has 78 heavy (non-hydrogen) atoms. The van der Waals surface area contributed by atoms with E-state index in [1.54, 1.807) is 0 Å². The molecule has 0 aromatic heterocycles. The Hall–Kier alpha value is -2.89. The molecule has 0 rings (SSSR count). The van der Waals surface area contributed by atoms with Crippen LogP contribution in [0.5, 0.6) is 0 Å². The van der Waals surface area contributed by atoms with Crippen molar-refractivity contribution in [3.05, 3.63) is 60.8 Å². The van der Waals surface area contributed by atoms with E-state index in [9.17, 15) is 14.4 Å². The molecular weight excluding hydrogens is 961 g/mol. The van der Waals surface area contributed by atoms with Gasteiger partial charge < -0.3 is 14.2 Å². The Labute approximate surface area is 485 Å². The Bertz CT molecular complexity index is 1390. The van der Waals surface area contributed by atoms with E-state index in [-0.39, 0.29) is 31.1 Å². The van der Waals surface area contributed by atoms with Gasteiger partial charge in [-0.3, -0.25) is 14.4 Å². The molecule has 0 spiro atoms. The lowest BCUT2D eigenvalue weighted by molar-refractivity contribution is -0.167. The Kier molecular flexibility index (Phi) is 64.2. The van der Waals surface area contributed by atoms with Gasteiger partial charge in [0.05, 0.1) is 0 Å². The number of carbonyl (C=O) groups is 3. The largest absolute Gasteiger partial charge is 0.462 e.